The second-order valence-corrected chi connectivity index (χ2v) is 6.09. The standard InChI is InChI=1S/C16H12F4OS/c1-11(13-4-8-15(17)9-5-13)22(21)10-12-2-6-14(7-3-12)16(18,19)20/h2-9H,1,10H2. The molecule has 1 unspecified atom stereocenters. The third-order valence-electron chi connectivity index (χ3n) is 3.02. The molecule has 0 saturated heterocycles. The summed E-state index contributed by atoms with van der Waals surface area (Å²) in [6.45, 7) is 3.70. The third kappa shape index (κ3) is 4.04. The summed E-state index contributed by atoms with van der Waals surface area (Å²) >= 11 is 0. The molecular weight excluding hydrogens is 316 g/mol. The summed E-state index contributed by atoms with van der Waals surface area (Å²) in [6.07, 6.45) is -4.39. The lowest BCUT2D eigenvalue weighted by Crippen LogP contribution is -2.05. The fourth-order valence-electron chi connectivity index (χ4n) is 1.80. The molecule has 22 heavy (non-hydrogen) atoms. The van der Waals surface area contributed by atoms with Gasteiger partial charge in [0.25, 0.3) is 0 Å². The summed E-state index contributed by atoms with van der Waals surface area (Å²) in [6, 6.07) is 9.87. The maximum absolute atomic E-state index is 12.8. The molecule has 0 N–H and O–H groups in total. The van der Waals surface area contributed by atoms with E-state index in [0.717, 1.165) is 12.1 Å². The molecule has 0 aromatic heterocycles. The fourth-order valence-corrected chi connectivity index (χ4v) is 2.86. The van der Waals surface area contributed by atoms with Crippen LogP contribution in [0.4, 0.5) is 17.6 Å². The maximum Gasteiger partial charge on any atom is 0.416 e. The van der Waals surface area contributed by atoms with Crippen LogP contribution in [0.1, 0.15) is 16.7 Å². The Hall–Kier alpha value is -1.95. The van der Waals surface area contributed by atoms with Crippen LogP contribution >= 0.6 is 0 Å². The zero-order valence-electron chi connectivity index (χ0n) is 11.4. The van der Waals surface area contributed by atoms with Crippen LogP contribution in [-0.4, -0.2) is 4.21 Å². The Morgan fingerprint density at radius 1 is 1.00 bits per heavy atom. The average Bonchev–Trinajstić information content (AvgIpc) is 2.47. The van der Waals surface area contributed by atoms with Crippen molar-refractivity contribution >= 4 is 15.7 Å². The highest BCUT2D eigenvalue weighted by molar-refractivity contribution is 7.93. The van der Waals surface area contributed by atoms with Gasteiger partial charge in [0.2, 0.25) is 0 Å². The largest absolute Gasteiger partial charge is 0.416 e. The topological polar surface area (TPSA) is 17.1 Å². The minimum Gasteiger partial charge on any atom is -0.254 e. The molecule has 116 valence electrons. The molecule has 0 spiro atoms. The summed E-state index contributed by atoms with van der Waals surface area (Å²) in [5, 5.41) is 0. The molecule has 1 atom stereocenters. The molecule has 2 aromatic carbocycles. The van der Waals surface area contributed by atoms with Gasteiger partial charge in [0.15, 0.2) is 0 Å². The first-order valence-corrected chi connectivity index (χ1v) is 7.58. The first kappa shape index (κ1) is 16.4. The molecule has 0 radical (unpaired) electrons. The van der Waals surface area contributed by atoms with Gasteiger partial charge in [0.05, 0.1) is 22.1 Å². The molecule has 1 nitrogen and oxygen atoms in total. The van der Waals surface area contributed by atoms with E-state index in [1.165, 1.54) is 36.4 Å². The van der Waals surface area contributed by atoms with Crippen LogP contribution in [0.3, 0.4) is 0 Å². The number of benzene rings is 2. The van der Waals surface area contributed by atoms with Crippen molar-refractivity contribution in [3.8, 4) is 0 Å². The SMILES string of the molecule is C=C(c1ccc(F)cc1)S(=O)Cc1ccc(C(F)(F)F)cc1. The Labute approximate surface area is 127 Å². The van der Waals surface area contributed by atoms with Gasteiger partial charge in [-0.1, -0.05) is 30.8 Å². The predicted octanol–water partition coefficient (Wildman–Crippen LogP) is 4.76. The van der Waals surface area contributed by atoms with Gasteiger partial charge in [0, 0.05) is 4.91 Å². The highest BCUT2D eigenvalue weighted by Gasteiger charge is 2.29. The van der Waals surface area contributed by atoms with Crippen LogP contribution in [0.2, 0.25) is 0 Å². The second-order valence-electron chi connectivity index (χ2n) is 4.61. The Kier molecular flexibility index (Phi) is 4.81. The van der Waals surface area contributed by atoms with Crippen LogP contribution in [0.5, 0.6) is 0 Å². The Morgan fingerprint density at radius 2 is 1.55 bits per heavy atom. The number of rotatable bonds is 4. The lowest BCUT2D eigenvalue weighted by Gasteiger charge is -2.09. The van der Waals surface area contributed by atoms with Gasteiger partial charge in [-0.3, -0.25) is 4.21 Å². The van der Waals surface area contributed by atoms with Crippen LogP contribution < -0.4 is 0 Å². The molecule has 0 bridgehead atoms. The van der Waals surface area contributed by atoms with E-state index in [2.05, 4.69) is 6.58 Å². The molecule has 0 fully saturated rings. The molecule has 0 aliphatic heterocycles. The summed E-state index contributed by atoms with van der Waals surface area (Å²) in [7, 11) is -1.50. The van der Waals surface area contributed by atoms with Crippen molar-refractivity contribution in [1.82, 2.24) is 0 Å². The molecule has 2 aromatic rings. The second kappa shape index (κ2) is 6.44. The van der Waals surface area contributed by atoms with Crippen LogP contribution in [-0.2, 0) is 22.7 Å². The highest BCUT2D eigenvalue weighted by atomic mass is 32.2. The van der Waals surface area contributed by atoms with Crippen LogP contribution in [0.15, 0.2) is 55.1 Å². The molecule has 0 aliphatic rings. The Balaban J connectivity index is 2.08. The normalized spacial score (nSPS) is 12.9. The smallest absolute Gasteiger partial charge is 0.254 e. The van der Waals surface area contributed by atoms with Crippen molar-refractivity contribution in [2.24, 2.45) is 0 Å². The quantitative estimate of drug-likeness (QED) is 0.739. The van der Waals surface area contributed by atoms with E-state index in [1.807, 2.05) is 0 Å². The Bertz CT molecular complexity index is 688. The summed E-state index contributed by atoms with van der Waals surface area (Å²) in [4.78, 5) is 0.305. The maximum atomic E-state index is 12.8. The highest BCUT2D eigenvalue weighted by Crippen LogP contribution is 2.29. The van der Waals surface area contributed by atoms with E-state index < -0.39 is 28.4 Å². The van der Waals surface area contributed by atoms with E-state index in [9.17, 15) is 21.8 Å². The monoisotopic (exact) mass is 328 g/mol. The first-order valence-electron chi connectivity index (χ1n) is 6.27. The van der Waals surface area contributed by atoms with Gasteiger partial charge in [-0.2, -0.15) is 13.2 Å². The zero-order chi connectivity index (χ0) is 16.3. The zero-order valence-corrected chi connectivity index (χ0v) is 12.2. The van der Waals surface area contributed by atoms with Crippen molar-refractivity contribution < 1.29 is 21.8 Å². The summed E-state index contributed by atoms with van der Waals surface area (Å²) in [5.41, 5.74) is 0.292. The van der Waals surface area contributed by atoms with Crippen molar-refractivity contribution in [2.75, 3.05) is 0 Å². The molecule has 0 amide bonds. The number of halogens is 4. The van der Waals surface area contributed by atoms with Crippen LogP contribution in [0.25, 0.3) is 4.91 Å². The molecule has 0 saturated carbocycles. The van der Waals surface area contributed by atoms with Gasteiger partial charge in [-0.25, -0.2) is 4.39 Å². The molecule has 2 rings (SSSR count). The average molecular weight is 328 g/mol. The molecule has 6 heteroatoms. The van der Waals surface area contributed by atoms with Gasteiger partial charge >= 0.3 is 6.18 Å². The number of hydrogen-bond acceptors (Lipinski definition) is 1. The molecule has 0 aliphatic carbocycles. The minimum absolute atomic E-state index is 0.0499. The van der Waals surface area contributed by atoms with Gasteiger partial charge in [-0.05, 0) is 35.4 Å². The number of alkyl halides is 3. The van der Waals surface area contributed by atoms with Crippen molar-refractivity contribution in [1.29, 1.82) is 0 Å². The molecular formula is C16H12F4OS. The lowest BCUT2D eigenvalue weighted by molar-refractivity contribution is -0.137. The van der Waals surface area contributed by atoms with E-state index in [4.69, 9.17) is 0 Å². The fraction of sp³-hybridized carbons (Fsp3) is 0.125. The summed E-state index contributed by atoms with van der Waals surface area (Å²) < 4.78 is 62.4. The van der Waals surface area contributed by atoms with Gasteiger partial charge in [-0.15, -0.1) is 0 Å². The third-order valence-corrected chi connectivity index (χ3v) is 4.40. The van der Waals surface area contributed by atoms with Gasteiger partial charge in [0.1, 0.15) is 5.82 Å². The van der Waals surface area contributed by atoms with E-state index in [1.54, 1.807) is 0 Å². The van der Waals surface area contributed by atoms with E-state index in [0.29, 0.717) is 16.0 Å². The van der Waals surface area contributed by atoms with Gasteiger partial charge < -0.3 is 0 Å². The van der Waals surface area contributed by atoms with Crippen LogP contribution in [0, 0.1) is 5.82 Å². The van der Waals surface area contributed by atoms with Crippen molar-refractivity contribution in [3.63, 3.8) is 0 Å². The van der Waals surface area contributed by atoms with Crippen molar-refractivity contribution in [2.45, 2.75) is 11.9 Å². The summed E-state index contributed by atoms with van der Waals surface area (Å²) in [5.74, 6) is -0.362. The predicted molar refractivity (Wildman–Crippen MR) is 78.7 cm³/mol. The van der Waals surface area contributed by atoms with E-state index >= 15 is 0 Å². The first-order chi connectivity index (χ1) is 10.3. The van der Waals surface area contributed by atoms with E-state index in [-0.39, 0.29) is 5.75 Å². The molecule has 0 heterocycles. The Morgan fingerprint density at radius 3 is 2.05 bits per heavy atom. The minimum atomic E-state index is -4.39. The van der Waals surface area contributed by atoms with Crippen molar-refractivity contribution in [3.05, 3.63) is 77.6 Å². The number of hydrogen-bond donors (Lipinski definition) is 0. The lowest BCUT2D eigenvalue weighted by atomic mass is 10.1.